The first-order valence-corrected chi connectivity index (χ1v) is 23.1. The van der Waals surface area contributed by atoms with Crippen LogP contribution in [0.1, 0.15) is 194 Å². The maximum absolute atomic E-state index is 12.7. The normalized spacial score (nSPS) is 14.7. The van der Waals surface area contributed by atoms with Crippen LogP contribution < -0.4 is 10.2 Å². The van der Waals surface area contributed by atoms with E-state index in [4.69, 9.17) is 9.05 Å². The average molecular weight is 757 g/mol. The van der Waals surface area contributed by atoms with E-state index >= 15 is 0 Å². The van der Waals surface area contributed by atoms with Crippen molar-refractivity contribution in [2.24, 2.45) is 0 Å². The Kier molecular flexibility index (Phi) is 35.0. The van der Waals surface area contributed by atoms with Gasteiger partial charge in [-0.2, -0.15) is 0 Å². The van der Waals surface area contributed by atoms with Crippen molar-refractivity contribution in [1.82, 2.24) is 5.32 Å². The monoisotopic (exact) mass is 757 g/mol. The van der Waals surface area contributed by atoms with E-state index in [1.807, 2.05) is 21.1 Å². The van der Waals surface area contributed by atoms with Crippen LogP contribution in [0.2, 0.25) is 0 Å². The van der Waals surface area contributed by atoms with Gasteiger partial charge in [0.25, 0.3) is 7.82 Å². The maximum atomic E-state index is 12.7. The van der Waals surface area contributed by atoms with Crippen LogP contribution >= 0.6 is 7.82 Å². The third-order valence-corrected chi connectivity index (χ3v) is 10.7. The lowest BCUT2D eigenvalue weighted by molar-refractivity contribution is -0.870. The molecule has 0 bridgehead atoms. The molecule has 9 heteroatoms. The van der Waals surface area contributed by atoms with Crippen LogP contribution in [-0.2, 0) is 18.4 Å². The highest BCUT2D eigenvalue weighted by atomic mass is 31.2. The summed E-state index contributed by atoms with van der Waals surface area (Å²) in [6.45, 7) is 4.61. The minimum Gasteiger partial charge on any atom is -0.756 e. The van der Waals surface area contributed by atoms with E-state index in [0.717, 1.165) is 57.8 Å². The van der Waals surface area contributed by atoms with Gasteiger partial charge in [0.15, 0.2) is 0 Å². The average Bonchev–Trinajstić information content (AvgIpc) is 3.09. The molecule has 52 heavy (non-hydrogen) atoms. The van der Waals surface area contributed by atoms with Gasteiger partial charge in [0.1, 0.15) is 13.2 Å². The third kappa shape index (κ3) is 37.3. The number of nitrogens with one attached hydrogen (secondary N) is 1. The summed E-state index contributed by atoms with van der Waals surface area (Å²) in [6.07, 6.45) is 40.9. The van der Waals surface area contributed by atoms with E-state index in [0.29, 0.717) is 23.9 Å². The van der Waals surface area contributed by atoms with Crippen LogP contribution in [0.3, 0.4) is 0 Å². The summed E-state index contributed by atoms with van der Waals surface area (Å²) in [4.78, 5) is 25.1. The van der Waals surface area contributed by atoms with Crippen molar-refractivity contribution < 1.29 is 32.9 Å². The lowest BCUT2D eigenvalue weighted by atomic mass is 10.0. The summed E-state index contributed by atoms with van der Waals surface area (Å²) in [7, 11) is 1.30. The Balaban J connectivity index is 3.99. The summed E-state index contributed by atoms with van der Waals surface area (Å²) in [6, 6.07) is -0.794. The maximum Gasteiger partial charge on any atom is 0.268 e. The molecule has 308 valence electrons. The van der Waals surface area contributed by atoms with Gasteiger partial charge in [-0.15, -0.1) is 0 Å². The molecule has 0 saturated heterocycles. The van der Waals surface area contributed by atoms with Crippen molar-refractivity contribution >= 4 is 13.7 Å². The number of quaternary nitrogens is 1. The number of aliphatic hydroxyl groups excluding tert-OH is 1. The van der Waals surface area contributed by atoms with Gasteiger partial charge in [-0.1, -0.05) is 167 Å². The lowest BCUT2D eigenvalue weighted by Gasteiger charge is -2.30. The number of phosphoric ester groups is 1. The Morgan fingerprint density at radius 1 is 0.673 bits per heavy atom. The molecule has 3 unspecified atom stereocenters. The van der Waals surface area contributed by atoms with Gasteiger partial charge in [-0.25, -0.2) is 0 Å². The number of allylic oxidation sites excluding steroid dienone is 4. The van der Waals surface area contributed by atoms with E-state index in [1.54, 1.807) is 0 Å². The summed E-state index contributed by atoms with van der Waals surface area (Å²) in [5, 5.41) is 13.7. The largest absolute Gasteiger partial charge is 0.756 e. The molecule has 0 heterocycles. The summed E-state index contributed by atoms with van der Waals surface area (Å²) in [5.41, 5.74) is 0. The quantitative estimate of drug-likeness (QED) is 0.0280. The fraction of sp³-hybridized carbons (Fsp3) is 0.884. The number of nitrogens with zero attached hydrogens (tertiary/aromatic N) is 1. The number of carbonyl (C=O) groups excluding carboxylic acids is 1. The molecule has 0 aliphatic carbocycles. The van der Waals surface area contributed by atoms with Gasteiger partial charge in [-0.3, -0.25) is 9.36 Å². The highest BCUT2D eigenvalue weighted by molar-refractivity contribution is 7.45. The molecule has 0 aliphatic heterocycles. The Bertz CT molecular complexity index is 907. The number of unbranched alkanes of at least 4 members (excludes halogenated alkanes) is 22. The van der Waals surface area contributed by atoms with E-state index in [-0.39, 0.29) is 19.1 Å². The predicted molar refractivity (Wildman–Crippen MR) is 219 cm³/mol. The zero-order chi connectivity index (χ0) is 38.6. The molecule has 0 spiro atoms. The molecule has 0 aromatic rings. The molecular weight excluding hydrogens is 671 g/mol. The van der Waals surface area contributed by atoms with Crippen LogP contribution in [0.25, 0.3) is 0 Å². The minimum atomic E-state index is -4.54. The highest BCUT2D eigenvalue weighted by Gasteiger charge is 2.24. The molecule has 2 N–H and O–H groups in total. The smallest absolute Gasteiger partial charge is 0.268 e. The first kappa shape index (κ1) is 51.0. The van der Waals surface area contributed by atoms with E-state index in [1.165, 1.54) is 109 Å². The summed E-state index contributed by atoms with van der Waals surface area (Å²) >= 11 is 0. The Morgan fingerprint density at radius 2 is 1.12 bits per heavy atom. The fourth-order valence-corrected chi connectivity index (χ4v) is 6.91. The standard InChI is InChI=1S/C43H85N2O6P/c1-6-8-10-12-13-14-15-16-17-18-19-20-21-22-23-24-25-26-27-28-29-30-31-33-35-37-43(47)44-41(42(46)36-34-32-11-9-7-2)40-51-52(48,49)50-39-38-45(3,4)5/h15-16,18-19,41-42,46H,6-14,17,20-40H2,1-5H3,(H-,44,47,48,49)/b16-15-,19-18-. The van der Waals surface area contributed by atoms with Crippen molar-refractivity contribution in [3.63, 3.8) is 0 Å². The van der Waals surface area contributed by atoms with Gasteiger partial charge >= 0.3 is 0 Å². The second-order valence-electron chi connectivity index (χ2n) is 16.1. The zero-order valence-electron chi connectivity index (χ0n) is 34.8. The Hall–Kier alpha value is -1.02. The summed E-state index contributed by atoms with van der Waals surface area (Å²) < 4.78 is 23.0. The lowest BCUT2D eigenvalue weighted by Crippen LogP contribution is -2.46. The topological polar surface area (TPSA) is 108 Å². The van der Waals surface area contributed by atoms with Gasteiger partial charge in [0.2, 0.25) is 5.91 Å². The molecule has 0 aromatic heterocycles. The fourth-order valence-electron chi connectivity index (χ4n) is 6.19. The molecule has 0 saturated carbocycles. The SMILES string of the molecule is CCCCCCC/C=C\C/C=C\CCCCCCCCCCCCCCCC(=O)NC(COP(=O)([O-])OCC[N+](C)(C)C)C(O)CCCCCCC. The molecular formula is C43H85N2O6P. The predicted octanol–water partition coefficient (Wildman–Crippen LogP) is 11.1. The molecule has 0 rings (SSSR count). The number of aliphatic hydroxyl groups is 1. The van der Waals surface area contributed by atoms with Gasteiger partial charge < -0.3 is 28.8 Å². The van der Waals surface area contributed by atoms with Gasteiger partial charge in [0.05, 0.1) is 39.9 Å². The van der Waals surface area contributed by atoms with E-state index in [2.05, 4.69) is 43.5 Å². The first-order chi connectivity index (χ1) is 25.0. The van der Waals surface area contributed by atoms with Crippen LogP contribution in [-0.4, -0.2) is 68.5 Å². The molecule has 3 atom stereocenters. The number of hydrogen-bond acceptors (Lipinski definition) is 6. The molecule has 8 nitrogen and oxygen atoms in total. The molecule has 0 aliphatic rings. The van der Waals surface area contributed by atoms with E-state index < -0.39 is 20.0 Å². The Morgan fingerprint density at radius 3 is 1.60 bits per heavy atom. The molecule has 1 amide bonds. The van der Waals surface area contributed by atoms with Crippen LogP contribution in [0, 0.1) is 0 Å². The van der Waals surface area contributed by atoms with Gasteiger partial charge in [-0.05, 0) is 44.9 Å². The van der Waals surface area contributed by atoms with Crippen molar-refractivity contribution in [1.29, 1.82) is 0 Å². The van der Waals surface area contributed by atoms with Crippen LogP contribution in [0.5, 0.6) is 0 Å². The number of rotatable bonds is 39. The highest BCUT2D eigenvalue weighted by Crippen LogP contribution is 2.38. The number of hydrogen-bond donors (Lipinski definition) is 2. The second kappa shape index (κ2) is 35.7. The van der Waals surface area contributed by atoms with Crippen molar-refractivity contribution in [3.8, 4) is 0 Å². The third-order valence-electron chi connectivity index (χ3n) is 9.69. The number of likely N-dealkylation sites (N-methyl/N-ethyl adjacent to an activating group) is 1. The number of phosphoric acid groups is 1. The molecule has 0 aromatic carbocycles. The number of amides is 1. The minimum absolute atomic E-state index is 0.0118. The second-order valence-corrected chi connectivity index (χ2v) is 17.5. The molecule has 0 radical (unpaired) electrons. The Labute approximate surface area is 322 Å². The van der Waals surface area contributed by atoms with Gasteiger partial charge in [0, 0.05) is 6.42 Å². The van der Waals surface area contributed by atoms with Crippen molar-refractivity contribution in [2.75, 3.05) is 40.9 Å². The summed E-state index contributed by atoms with van der Waals surface area (Å²) in [5.74, 6) is -0.173. The van der Waals surface area contributed by atoms with Crippen LogP contribution in [0.4, 0.5) is 0 Å². The first-order valence-electron chi connectivity index (χ1n) is 21.7. The van der Waals surface area contributed by atoms with Crippen molar-refractivity contribution in [2.45, 2.75) is 206 Å². The van der Waals surface area contributed by atoms with Crippen molar-refractivity contribution in [3.05, 3.63) is 24.3 Å². The van der Waals surface area contributed by atoms with Crippen LogP contribution in [0.15, 0.2) is 24.3 Å². The molecule has 0 fully saturated rings. The van der Waals surface area contributed by atoms with E-state index in [9.17, 15) is 19.4 Å². The number of carbonyl (C=O) groups is 1. The zero-order valence-corrected chi connectivity index (χ0v) is 35.7.